The minimum absolute atomic E-state index is 0.105. The molecule has 0 spiro atoms. The third kappa shape index (κ3) is 3.39. The van der Waals surface area contributed by atoms with Crippen LogP contribution in [0.25, 0.3) is 10.8 Å². The zero-order valence-electron chi connectivity index (χ0n) is 14.7. The van der Waals surface area contributed by atoms with Crippen LogP contribution in [0.5, 0.6) is 5.75 Å². The summed E-state index contributed by atoms with van der Waals surface area (Å²) >= 11 is 0. The van der Waals surface area contributed by atoms with Gasteiger partial charge in [-0.1, -0.05) is 24.3 Å². The molecular formula is C20H18O6. The molecule has 0 fully saturated rings. The van der Waals surface area contributed by atoms with Gasteiger partial charge in [0.25, 0.3) is 0 Å². The van der Waals surface area contributed by atoms with Crippen molar-refractivity contribution in [3.63, 3.8) is 0 Å². The van der Waals surface area contributed by atoms with Gasteiger partial charge in [0, 0.05) is 0 Å². The van der Waals surface area contributed by atoms with Gasteiger partial charge in [-0.2, -0.15) is 0 Å². The first-order chi connectivity index (χ1) is 12.5. The molecule has 134 valence electrons. The van der Waals surface area contributed by atoms with Gasteiger partial charge < -0.3 is 18.6 Å². The molecule has 0 aliphatic rings. The number of furan rings is 1. The van der Waals surface area contributed by atoms with E-state index in [1.165, 1.54) is 20.3 Å². The Hall–Kier alpha value is -3.28. The first-order valence-corrected chi connectivity index (χ1v) is 7.95. The topological polar surface area (TPSA) is 75.0 Å². The van der Waals surface area contributed by atoms with Crippen LogP contribution < -0.4 is 4.74 Å². The highest BCUT2D eigenvalue weighted by molar-refractivity contribution is 5.98. The van der Waals surface area contributed by atoms with Crippen molar-refractivity contribution in [2.24, 2.45) is 0 Å². The van der Waals surface area contributed by atoms with Gasteiger partial charge in [0.1, 0.15) is 35.0 Å². The fourth-order valence-electron chi connectivity index (χ4n) is 2.69. The van der Waals surface area contributed by atoms with Crippen molar-refractivity contribution in [3.05, 3.63) is 65.1 Å². The van der Waals surface area contributed by atoms with Crippen molar-refractivity contribution in [3.8, 4) is 5.75 Å². The van der Waals surface area contributed by atoms with Crippen molar-refractivity contribution in [1.29, 1.82) is 0 Å². The number of hydrogen-bond acceptors (Lipinski definition) is 6. The Kier molecular flexibility index (Phi) is 4.93. The number of fused-ring (bicyclic) bond motifs is 1. The number of rotatable bonds is 5. The fraction of sp³-hybridized carbons (Fsp3) is 0.200. The zero-order valence-corrected chi connectivity index (χ0v) is 14.7. The maximum absolute atomic E-state index is 12.5. The van der Waals surface area contributed by atoms with Gasteiger partial charge >= 0.3 is 11.9 Å². The van der Waals surface area contributed by atoms with Gasteiger partial charge in [-0.05, 0) is 35.9 Å². The SMILES string of the molecule is COC(=O)c1cc(COC(=O)c2cc3ccccc3cc2OC)oc1C. The molecule has 3 rings (SSSR count). The van der Waals surface area contributed by atoms with Crippen LogP contribution in [0.4, 0.5) is 0 Å². The third-order valence-corrected chi connectivity index (χ3v) is 4.01. The molecule has 0 N–H and O–H groups in total. The second-order valence-corrected chi connectivity index (χ2v) is 5.65. The van der Waals surface area contributed by atoms with E-state index in [0.717, 1.165) is 10.8 Å². The van der Waals surface area contributed by atoms with Crippen molar-refractivity contribution < 1.29 is 28.2 Å². The Bertz CT molecular complexity index is 970. The number of aryl methyl sites for hydroxylation is 1. The van der Waals surface area contributed by atoms with Gasteiger partial charge in [-0.3, -0.25) is 0 Å². The maximum Gasteiger partial charge on any atom is 0.342 e. The predicted octanol–water partition coefficient (Wildman–Crippen LogP) is 3.89. The Morgan fingerprint density at radius 3 is 2.31 bits per heavy atom. The molecule has 6 heteroatoms. The number of benzene rings is 2. The van der Waals surface area contributed by atoms with E-state index < -0.39 is 11.9 Å². The highest BCUT2D eigenvalue weighted by atomic mass is 16.5. The molecule has 0 radical (unpaired) electrons. The molecule has 2 aromatic carbocycles. The fourth-order valence-corrected chi connectivity index (χ4v) is 2.69. The summed E-state index contributed by atoms with van der Waals surface area (Å²) in [5.74, 6) is 0.156. The van der Waals surface area contributed by atoms with E-state index in [4.69, 9.17) is 13.9 Å². The molecule has 0 aliphatic heterocycles. The normalized spacial score (nSPS) is 10.6. The molecule has 1 aromatic heterocycles. The molecule has 3 aromatic rings. The van der Waals surface area contributed by atoms with Gasteiger partial charge in [0.2, 0.25) is 0 Å². The highest BCUT2D eigenvalue weighted by Crippen LogP contribution is 2.27. The first kappa shape index (κ1) is 17.5. The number of methoxy groups -OCH3 is 2. The van der Waals surface area contributed by atoms with E-state index >= 15 is 0 Å². The molecule has 0 unspecified atom stereocenters. The Labute approximate surface area is 150 Å². The molecule has 6 nitrogen and oxygen atoms in total. The standard InChI is InChI=1S/C20H18O6/c1-12-16(19(21)24-3)10-15(26-12)11-25-20(22)17-8-13-6-4-5-7-14(13)9-18(17)23-2/h4-10H,11H2,1-3H3. The largest absolute Gasteiger partial charge is 0.496 e. The average molecular weight is 354 g/mol. The second kappa shape index (κ2) is 7.31. The van der Waals surface area contributed by atoms with Crippen LogP contribution in [0.2, 0.25) is 0 Å². The average Bonchev–Trinajstić information content (AvgIpc) is 3.04. The Morgan fingerprint density at radius 2 is 1.65 bits per heavy atom. The minimum Gasteiger partial charge on any atom is -0.496 e. The minimum atomic E-state index is -0.540. The number of esters is 2. The lowest BCUT2D eigenvalue weighted by Crippen LogP contribution is -2.07. The second-order valence-electron chi connectivity index (χ2n) is 5.65. The van der Waals surface area contributed by atoms with Gasteiger partial charge in [-0.15, -0.1) is 0 Å². The third-order valence-electron chi connectivity index (χ3n) is 4.01. The molecule has 0 aliphatic carbocycles. The van der Waals surface area contributed by atoms with E-state index in [1.807, 2.05) is 24.3 Å². The molecule has 0 amide bonds. The molecule has 0 atom stereocenters. The molecule has 0 saturated heterocycles. The Balaban J connectivity index is 1.80. The van der Waals surface area contributed by atoms with E-state index in [2.05, 4.69) is 4.74 Å². The molecule has 26 heavy (non-hydrogen) atoms. The van der Waals surface area contributed by atoms with E-state index in [9.17, 15) is 9.59 Å². The van der Waals surface area contributed by atoms with Crippen molar-refractivity contribution in [2.75, 3.05) is 14.2 Å². The number of ether oxygens (including phenoxy) is 3. The van der Waals surface area contributed by atoms with Gasteiger partial charge in [0.05, 0.1) is 14.2 Å². The van der Waals surface area contributed by atoms with E-state index in [-0.39, 0.29) is 6.61 Å². The Morgan fingerprint density at radius 1 is 0.962 bits per heavy atom. The number of carbonyl (C=O) groups is 2. The maximum atomic E-state index is 12.5. The summed E-state index contributed by atoms with van der Waals surface area (Å²) in [6.45, 7) is 1.54. The number of hydrogen-bond donors (Lipinski definition) is 0. The van der Waals surface area contributed by atoms with Crippen molar-refractivity contribution in [2.45, 2.75) is 13.5 Å². The monoisotopic (exact) mass is 354 g/mol. The lowest BCUT2D eigenvalue weighted by molar-refractivity contribution is 0.0440. The van der Waals surface area contributed by atoms with Crippen molar-refractivity contribution >= 4 is 22.7 Å². The van der Waals surface area contributed by atoms with Crippen LogP contribution >= 0.6 is 0 Å². The number of carbonyl (C=O) groups excluding carboxylic acids is 2. The van der Waals surface area contributed by atoms with Crippen LogP contribution in [-0.2, 0) is 16.1 Å². The summed E-state index contributed by atoms with van der Waals surface area (Å²) in [5, 5.41) is 1.87. The van der Waals surface area contributed by atoms with Crippen LogP contribution in [0.3, 0.4) is 0 Å². The molecular weight excluding hydrogens is 336 g/mol. The van der Waals surface area contributed by atoms with Gasteiger partial charge in [-0.25, -0.2) is 9.59 Å². The summed E-state index contributed by atoms with van der Waals surface area (Å²) in [5.41, 5.74) is 0.629. The van der Waals surface area contributed by atoms with Gasteiger partial charge in [0.15, 0.2) is 0 Å². The highest BCUT2D eigenvalue weighted by Gasteiger charge is 2.19. The van der Waals surface area contributed by atoms with Crippen molar-refractivity contribution in [1.82, 2.24) is 0 Å². The first-order valence-electron chi connectivity index (χ1n) is 7.95. The zero-order chi connectivity index (χ0) is 18.7. The van der Waals surface area contributed by atoms with E-state index in [1.54, 1.807) is 19.1 Å². The van der Waals surface area contributed by atoms with Crippen LogP contribution in [0.1, 0.15) is 32.2 Å². The lowest BCUT2D eigenvalue weighted by atomic mass is 10.1. The van der Waals surface area contributed by atoms with Crippen LogP contribution in [0, 0.1) is 6.92 Å². The smallest absolute Gasteiger partial charge is 0.342 e. The van der Waals surface area contributed by atoms with E-state index in [0.29, 0.717) is 28.4 Å². The quantitative estimate of drug-likeness (QED) is 0.647. The van der Waals surface area contributed by atoms with Crippen LogP contribution in [0.15, 0.2) is 46.9 Å². The van der Waals surface area contributed by atoms with Crippen LogP contribution in [-0.4, -0.2) is 26.2 Å². The summed E-state index contributed by atoms with van der Waals surface area (Å²) < 4.78 is 20.7. The summed E-state index contributed by atoms with van der Waals surface area (Å²) in [4.78, 5) is 24.1. The molecule has 1 heterocycles. The molecule has 0 saturated carbocycles. The lowest BCUT2D eigenvalue weighted by Gasteiger charge is -2.10. The predicted molar refractivity (Wildman–Crippen MR) is 94.4 cm³/mol. The molecule has 0 bridgehead atoms. The summed E-state index contributed by atoms with van der Waals surface area (Å²) in [6.07, 6.45) is 0. The summed E-state index contributed by atoms with van der Waals surface area (Å²) in [6, 6.07) is 12.7. The summed E-state index contributed by atoms with van der Waals surface area (Å²) in [7, 11) is 2.79.